The van der Waals surface area contributed by atoms with Crippen molar-refractivity contribution in [2.75, 3.05) is 0 Å². The molecule has 0 heterocycles. The van der Waals surface area contributed by atoms with Crippen molar-refractivity contribution in [2.45, 2.75) is 35.6 Å². The Morgan fingerprint density at radius 2 is 1.43 bits per heavy atom. The molecule has 0 nitrogen and oxygen atoms in total. The number of rotatable bonds is 0. The lowest BCUT2D eigenvalue weighted by Gasteiger charge is -1.52. The lowest BCUT2D eigenvalue weighted by Crippen LogP contribution is -1.38. The molecule has 0 saturated carbocycles. The summed E-state index contributed by atoms with van der Waals surface area (Å²) < 4.78 is 0. The highest BCUT2D eigenvalue weighted by Gasteiger charge is 1.43. The van der Waals surface area contributed by atoms with Gasteiger partial charge in [-0.15, -0.1) is 12.3 Å². The number of hydrogen-bond acceptors (Lipinski definition) is 0. The molecule has 0 saturated heterocycles. The van der Waals surface area contributed by atoms with E-state index >= 15 is 0 Å². The second-order valence-corrected chi connectivity index (χ2v) is 0.558. The summed E-state index contributed by atoms with van der Waals surface area (Å²) in [5.41, 5.74) is 0. The molecule has 0 aliphatic rings. The minimum Gasteiger partial charge on any atom is -0.120 e. The van der Waals surface area contributed by atoms with E-state index in [1.807, 2.05) is 6.92 Å². The van der Waals surface area contributed by atoms with Crippen molar-refractivity contribution in [3.63, 3.8) is 0 Å². The Labute approximate surface area is 48.9 Å². The second-order valence-electron chi connectivity index (χ2n) is 0.558. The average Bonchev–Trinajstić information content (AvgIpc) is 1.37. The molecule has 0 heteroatoms. The van der Waals surface area contributed by atoms with Crippen LogP contribution in [0, 0.1) is 12.3 Å². The van der Waals surface area contributed by atoms with Crippen LogP contribution in [0.15, 0.2) is 0 Å². The van der Waals surface area contributed by atoms with Crippen LogP contribution in [0.25, 0.3) is 0 Å². The van der Waals surface area contributed by atoms with Crippen molar-refractivity contribution in [3.05, 3.63) is 0 Å². The highest BCUT2D eigenvalue weighted by molar-refractivity contribution is 4.80. The molecular weight excluding hydrogens is 84.1 g/mol. The summed E-state index contributed by atoms with van der Waals surface area (Å²) in [6.07, 6.45) is 5.62. The first-order chi connectivity index (χ1) is 1.91. The van der Waals surface area contributed by atoms with Gasteiger partial charge in [0, 0.05) is 6.42 Å². The van der Waals surface area contributed by atoms with Crippen LogP contribution in [0.2, 0.25) is 0 Å². The summed E-state index contributed by atoms with van der Waals surface area (Å²) in [6.45, 7) is 1.94. The van der Waals surface area contributed by atoms with E-state index in [1.165, 1.54) is 0 Å². The smallest absolute Gasteiger partial charge is 0.00576 e. The maximum Gasteiger partial charge on any atom is 0.00576 e. The van der Waals surface area contributed by atoms with Crippen molar-refractivity contribution in [1.82, 2.24) is 0 Å². The van der Waals surface area contributed by atoms with Gasteiger partial charge in [-0.05, 0) is 0 Å². The summed E-state index contributed by atoms with van der Waals surface area (Å²) in [5, 5.41) is 0. The zero-order chi connectivity index (χ0) is 3.41. The molecule has 7 heavy (non-hydrogen) atoms. The predicted octanol–water partition coefficient (Wildman–Crippen LogP) is 2.94. The summed E-state index contributed by atoms with van der Waals surface area (Å²) in [5.74, 6) is 2.43. The van der Waals surface area contributed by atoms with Crippen LogP contribution in [-0.2, 0) is 0 Å². The largest absolute Gasteiger partial charge is 0.120 e. The Morgan fingerprint density at radius 1 is 1.29 bits per heavy atom. The fraction of sp³-hybridized carbons (Fsp3) is 0.714. The third-order valence-corrected chi connectivity index (χ3v) is 0.204. The van der Waals surface area contributed by atoms with Crippen LogP contribution < -0.4 is 0 Å². The van der Waals surface area contributed by atoms with E-state index in [1.54, 1.807) is 0 Å². The molecule has 46 valence electrons. The van der Waals surface area contributed by atoms with Crippen LogP contribution in [0.4, 0.5) is 0 Å². The second kappa shape index (κ2) is 47.5. The van der Waals surface area contributed by atoms with Crippen molar-refractivity contribution < 1.29 is 0 Å². The topological polar surface area (TPSA) is 0 Å². The predicted molar refractivity (Wildman–Crippen MR) is 39.3 cm³/mol. The molecule has 0 aromatic heterocycles. The van der Waals surface area contributed by atoms with Gasteiger partial charge in [-0.3, -0.25) is 0 Å². The van der Waals surface area contributed by atoms with Gasteiger partial charge in [0.1, 0.15) is 0 Å². The maximum atomic E-state index is 4.78. The van der Waals surface area contributed by atoms with Gasteiger partial charge >= 0.3 is 0 Å². The minimum atomic E-state index is 0. The molecular formula is C7H18. The summed E-state index contributed by atoms with van der Waals surface area (Å²) in [7, 11) is 0. The van der Waals surface area contributed by atoms with Crippen molar-refractivity contribution in [3.8, 4) is 12.3 Å². The van der Waals surface area contributed by atoms with Crippen molar-refractivity contribution >= 4 is 0 Å². The van der Waals surface area contributed by atoms with E-state index in [9.17, 15) is 0 Å². The van der Waals surface area contributed by atoms with E-state index in [2.05, 4.69) is 5.92 Å². The molecule has 0 aromatic rings. The standard InChI is InChI=1S/C4H6.3CH4/c1-3-4-2;;;/h1H,4H2,2H3;3*1H4. The van der Waals surface area contributed by atoms with E-state index in [0.29, 0.717) is 0 Å². The summed E-state index contributed by atoms with van der Waals surface area (Å²) in [6, 6.07) is 0. The molecule has 0 atom stereocenters. The van der Waals surface area contributed by atoms with Crippen LogP contribution in [0.5, 0.6) is 0 Å². The van der Waals surface area contributed by atoms with E-state index < -0.39 is 0 Å². The highest BCUT2D eigenvalue weighted by Crippen LogP contribution is 1.58. The quantitative estimate of drug-likeness (QED) is 0.412. The molecule has 0 spiro atoms. The van der Waals surface area contributed by atoms with Crippen LogP contribution in [-0.4, -0.2) is 0 Å². The Kier molecular flexibility index (Phi) is 210. The molecule has 0 aliphatic heterocycles. The van der Waals surface area contributed by atoms with Gasteiger partial charge in [0.15, 0.2) is 0 Å². The van der Waals surface area contributed by atoms with Crippen molar-refractivity contribution in [1.29, 1.82) is 0 Å². The molecule has 0 amide bonds. The third kappa shape index (κ3) is 225. The van der Waals surface area contributed by atoms with Crippen LogP contribution in [0.1, 0.15) is 35.6 Å². The van der Waals surface area contributed by atoms with Gasteiger partial charge in [0.2, 0.25) is 0 Å². The van der Waals surface area contributed by atoms with E-state index in [0.717, 1.165) is 6.42 Å². The Bertz CT molecular complexity index is 29.8. The molecule has 0 unspecified atom stereocenters. The molecule has 0 bridgehead atoms. The summed E-state index contributed by atoms with van der Waals surface area (Å²) >= 11 is 0. The summed E-state index contributed by atoms with van der Waals surface area (Å²) in [4.78, 5) is 0. The average molecular weight is 102 g/mol. The third-order valence-electron chi connectivity index (χ3n) is 0.204. The zero-order valence-electron chi connectivity index (χ0n) is 2.78. The zero-order valence-corrected chi connectivity index (χ0v) is 2.78. The molecule has 0 fully saturated rings. The molecule has 0 rings (SSSR count). The number of hydrogen-bond donors (Lipinski definition) is 0. The van der Waals surface area contributed by atoms with Gasteiger partial charge in [0.05, 0.1) is 0 Å². The molecule has 0 aliphatic carbocycles. The van der Waals surface area contributed by atoms with Crippen LogP contribution >= 0.6 is 0 Å². The molecule has 0 aromatic carbocycles. The maximum absolute atomic E-state index is 4.78. The fourth-order valence-corrected chi connectivity index (χ4v) is 0. The fourth-order valence-electron chi connectivity index (χ4n) is 0. The monoisotopic (exact) mass is 102 g/mol. The van der Waals surface area contributed by atoms with E-state index in [4.69, 9.17) is 6.42 Å². The highest BCUT2D eigenvalue weighted by atomic mass is 13.5. The van der Waals surface area contributed by atoms with Gasteiger partial charge in [-0.1, -0.05) is 29.2 Å². The van der Waals surface area contributed by atoms with Crippen molar-refractivity contribution in [2.24, 2.45) is 0 Å². The lowest BCUT2D eigenvalue weighted by molar-refractivity contribution is 1.28. The Balaban J connectivity index is -0.0000000150. The molecule has 0 radical (unpaired) electrons. The number of terminal acetylenes is 1. The van der Waals surface area contributed by atoms with Gasteiger partial charge in [0.25, 0.3) is 0 Å². The first-order valence-electron chi connectivity index (χ1n) is 1.35. The normalized spacial score (nSPS) is 2.86. The Hall–Kier alpha value is -0.440. The Morgan fingerprint density at radius 3 is 1.43 bits per heavy atom. The van der Waals surface area contributed by atoms with Gasteiger partial charge in [-0.25, -0.2) is 0 Å². The first kappa shape index (κ1) is 30.9. The minimum absolute atomic E-state index is 0. The van der Waals surface area contributed by atoms with Gasteiger partial charge < -0.3 is 0 Å². The SMILES string of the molecule is C.C.C.C#CCC. The van der Waals surface area contributed by atoms with E-state index in [-0.39, 0.29) is 22.3 Å². The van der Waals surface area contributed by atoms with Gasteiger partial charge in [-0.2, -0.15) is 0 Å². The lowest BCUT2D eigenvalue weighted by atomic mass is 10.5. The molecule has 0 N–H and O–H groups in total. The van der Waals surface area contributed by atoms with Crippen LogP contribution in [0.3, 0.4) is 0 Å². The first-order valence-corrected chi connectivity index (χ1v) is 1.35.